The summed E-state index contributed by atoms with van der Waals surface area (Å²) in [5.41, 5.74) is 1.62. The summed E-state index contributed by atoms with van der Waals surface area (Å²) in [5, 5.41) is 17.8. The molecule has 0 saturated heterocycles. The fraction of sp³-hybridized carbons (Fsp3) is 0.231. The fourth-order valence-electron chi connectivity index (χ4n) is 1.58. The number of aliphatic hydroxyl groups is 2. The molecule has 2 nitrogen and oxygen atoms in total. The first-order chi connectivity index (χ1) is 7.08. The topological polar surface area (TPSA) is 40.5 Å². The zero-order valence-electron chi connectivity index (χ0n) is 8.02. The van der Waals surface area contributed by atoms with E-state index in [4.69, 9.17) is 11.6 Å². The largest absolute Gasteiger partial charge is 0.511 e. The van der Waals surface area contributed by atoms with E-state index < -0.39 is 5.06 Å². The molecule has 1 aromatic rings. The highest BCUT2D eigenvalue weighted by Gasteiger charge is 2.26. The van der Waals surface area contributed by atoms with Gasteiger partial charge in [-0.25, -0.2) is 0 Å². The van der Waals surface area contributed by atoms with E-state index in [1.54, 1.807) is 6.08 Å². The number of allylic oxidation sites excluding steroid dienone is 2. The number of rotatable bonds is 1. The molecule has 1 aliphatic rings. The fourth-order valence-corrected chi connectivity index (χ4v) is 1.77. The molecule has 16 heavy (non-hydrogen) atoms. The highest BCUT2D eigenvalue weighted by atomic mass is 35.5. The molecule has 0 aromatic heterocycles. The summed E-state index contributed by atoms with van der Waals surface area (Å²) in [5.74, 6) is 0.112. The van der Waals surface area contributed by atoms with E-state index in [2.05, 4.69) is 0 Å². The van der Waals surface area contributed by atoms with Crippen molar-refractivity contribution < 1.29 is 10.2 Å². The highest BCUT2D eigenvalue weighted by Crippen LogP contribution is 2.33. The number of hydrogen-bond acceptors (Lipinski definition) is 2. The molecule has 2 N–H and O–H groups in total. The molecular formula is C13H15ClO2. The number of hydrogen-bond donors (Lipinski definition) is 2. The van der Waals surface area contributed by atoms with Crippen LogP contribution >= 0.6 is 11.6 Å². The van der Waals surface area contributed by atoms with E-state index in [9.17, 15) is 10.2 Å². The van der Waals surface area contributed by atoms with Gasteiger partial charge in [-0.2, -0.15) is 0 Å². The molecule has 86 valence electrons. The first-order valence-electron chi connectivity index (χ1n) is 4.66. The zero-order valence-corrected chi connectivity index (χ0v) is 8.78. The van der Waals surface area contributed by atoms with E-state index in [-0.39, 0.29) is 19.6 Å². The molecule has 0 aliphatic heterocycles. The lowest BCUT2D eigenvalue weighted by atomic mass is 9.96. The van der Waals surface area contributed by atoms with Crippen molar-refractivity contribution in [2.75, 3.05) is 0 Å². The van der Waals surface area contributed by atoms with Crippen LogP contribution in [0.4, 0.5) is 0 Å². The van der Waals surface area contributed by atoms with Crippen LogP contribution in [0.2, 0.25) is 0 Å². The summed E-state index contributed by atoms with van der Waals surface area (Å²) in [6.45, 7) is 0. The first-order valence-corrected chi connectivity index (χ1v) is 5.04. The third kappa shape index (κ3) is 2.65. The van der Waals surface area contributed by atoms with Crippen LogP contribution in [-0.2, 0) is 0 Å². The van der Waals surface area contributed by atoms with E-state index in [0.717, 1.165) is 5.56 Å². The van der Waals surface area contributed by atoms with Crippen LogP contribution in [0, 0.1) is 0 Å². The van der Waals surface area contributed by atoms with E-state index in [1.807, 2.05) is 30.3 Å². The van der Waals surface area contributed by atoms with Gasteiger partial charge in [0.15, 0.2) is 5.06 Å². The number of aliphatic hydroxyl groups excluding tert-OH is 1. The van der Waals surface area contributed by atoms with Crippen molar-refractivity contribution in [1.82, 2.24) is 0 Å². The van der Waals surface area contributed by atoms with Crippen LogP contribution in [0.15, 0.2) is 48.2 Å². The molecule has 3 heteroatoms. The average Bonchev–Trinajstić information content (AvgIpc) is 2.17. The van der Waals surface area contributed by atoms with Gasteiger partial charge in [0.1, 0.15) is 5.76 Å². The van der Waals surface area contributed by atoms with Gasteiger partial charge in [-0.15, -0.1) is 0 Å². The number of halogens is 1. The molecule has 0 saturated carbocycles. The normalized spacial score (nSPS) is 24.1. The van der Waals surface area contributed by atoms with Crippen LogP contribution in [0.3, 0.4) is 0 Å². The Bertz CT molecular complexity index is 419. The number of benzene rings is 1. The summed E-state index contributed by atoms with van der Waals surface area (Å²) < 4.78 is 0. The Balaban J connectivity index is 0.00000128. The van der Waals surface area contributed by atoms with E-state index >= 15 is 0 Å². The SMILES string of the molecule is C.OC1=C(c2ccccc2)C=CC(O)(Cl)C1. The van der Waals surface area contributed by atoms with Crippen LogP contribution in [-0.4, -0.2) is 15.3 Å². The molecule has 1 aromatic carbocycles. The maximum atomic E-state index is 9.74. The minimum Gasteiger partial charge on any atom is -0.511 e. The van der Waals surface area contributed by atoms with Gasteiger partial charge in [0.2, 0.25) is 0 Å². The Morgan fingerprint density at radius 1 is 1.19 bits per heavy atom. The lowest BCUT2D eigenvalue weighted by molar-refractivity contribution is 0.160. The van der Waals surface area contributed by atoms with Crippen molar-refractivity contribution in [2.45, 2.75) is 18.9 Å². The second-order valence-electron chi connectivity index (χ2n) is 3.56. The van der Waals surface area contributed by atoms with Crippen molar-refractivity contribution in [3.63, 3.8) is 0 Å². The summed E-state index contributed by atoms with van der Waals surface area (Å²) in [6, 6.07) is 9.49. The Hall–Kier alpha value is -1.25. The molecular weight excluding hydrogens is 224 g/mol. The highest BCUT2D eigenvalue weighted by molar-refractivity contribution is 6.24. The van der Waals surface area contributed by atoms with Crippen molar-refractivity contribution in [3.05, 3.63) is 53.8 Å². The minimum absolute atomic E-state index is 0. The van der Waals surface area contributed by atoms with Crippen LogP contribution in [0.25, 0.3) is 5.57 Å². The molecule has 1 unspecified atom stereocenters. The van der Waals surface area contributed by atoms with Gasteiger partial charge in [0.25, 0.3) is 0 Å². The van der Waals surface area contributed by atoms with Crippen LogP contribution < -0.4 is 0 Å². The molecule has 1 atom stereocenters. The molecule has 2 rings (SSSR count). The summed E-state index contributed by atoms with van der Waals surface area (Å²) in [6.07, 6.45) is 3.16. The maximum Gasteiger partial charge on any atom is 0.164 e. The second-order valence-corrected chi connectivity index (χ2v) is 4.21. The summed E-state index contributed by atoms with van der Waals surface area (Å²) >= 11 is 5.69. The zero-order chi connectivity index (χ0) is 10.9. The van der Waals surface area contributed by atoms with Gasteiger partial charge in [0.05, 0.1) is 6.42 Å². The van der Waals surface area contributed by atoms with Gasteiger partial charge < -0.3 is 10.2 Å². The predicted molar refractivity (Wildman–Crippen MR) is 67.3 cm³/mol. The monoisotopic (exact) mass is 238 g/mol. The van der Waals surface area contributed by atoms with Gasteiger partial charge in [0, 0.05) is 5.57 Å². The van der Waals surface area contributed by atoms with Gasteiger partial charge in [-0.1, -0.05) is 55.4 Å². The molecule has 0 spiro atoms. The molecule has 0 amide bonds. The van der Waals surface area contributed by atoms with Crippen LogP contribution in [0.5, 0.6) is 0 Å². The third-order valence-corrected chi connectivity index (χ3v) is 2.58. The smallest absolute Gasteiger partial charge is 0.164 e. The quantitative estimate of drug-likeness (QED) is 0.736. The van der Waals surface area contributed by atoms with Gasteiger partial charge >= 0.3 is 0 Å². The Labute approximate surface area is 100 Å². The number of alkyl halides is 1. The molecule has 0 heterocycles. The van der Waals surface area contributed by atoms with Gasteiger partial charge in [-0.05, 0) is 11.6 Å². The Morgan fingerprint density at radius 3 is 2.38 bits per heavy atom. The van der Waals surface area contributed by atoms with Gasteiger partial charge in [-0.3, -0.25) is 0 Å². The van der Waals surface area contributed by atoms with Crippen molar-refractivity contribution in [2.24, 2.45) is 0 Å². The Morgan fingerprint density at radius 2 is 1.81 bits per heavy atom. The van der Waals surface area contributed by atoms with E-state index in [0.29, 0.717) is 5.57 Å². The maximum absolute atomic E-state index is 9.74. The summed E-state index contributed by atoms with van der Waals surface area (Å²) in [4.78, 5) is 0. The molecule has 0 fully saturated rings. The molecule has 1 aliphatic carbocycles. The molecule has 0 radical (unpaired) electrons. The van der Waals surface area contributed by atoms with Crippen molar-refractivity contribution in [1.29, 1.82) is 0 Å². The Kier molecular flexibility index (Phi) is 3.79. The lowest BCUT2D eigenvalue weighted by Gasteiger charge is -2.21. The summed E-state index contributed by atoms with van der Waals surface area (Å²) in [7, 11) is 0. The second kappa shape index (κ2) is 4.73. The standard InChI is InChI=1S/C12H11ClO2.CH4/c13-12(15)7-6-10(11(14)8-12)9-4-2-1-3-5-9;/h1-7,14-15H,8H2;1H4. The minimum atomic E-state index is -1.46. The van der Waals surface area contributed by atoms with Crippen molar-refractivity contribution in [3.8, 4) is 0 Å². The first kappa shape index (κ1) is 12.8. The molecule has 0 bridgehead atoms. The average molecular weight is 239 g/mol. The van der Waals surface area contributed by atoms with Crippen LogP contribution in [0.1, 0.15) is 19.4 Å². The lowest BCUT2D eigenvalue weighted by Crippen LogP contribution is -2.21. The van der Waals surface area contributed by atoms with Crippen molar-refractivity contribution >= 4 is 17.2 Å². The third-order valence-electron chi connectivity index (χ3n) is 2.32. The predicted octanol–water partition coefficient (Wildman–Crippen LogP) is 3.48. The van der Waals surface area contributed by atoms with E-state index in [1.165, 1.54) is 6.08 Å².